The van der Waals surface area contributed by atoms with Crippen molar-refractivity contribution < 1.29 is 22.1 Å². The lowest BCUT2D eigenvalue weighted by molar-refractivity contribution is 0.0925. The molecule has 0 unspecified atom stereocenters. The van der Waals surface area contributed by atoms with Gasteiger partial charge in [-0.3, -0.25) is 4.18 Å². The Morgan fingerprint density at radius 2 is 1.63 bits per heavy atom. The number of hydrogen-bond donors (Lipinski definition) is 0. The summed E-state index contributed by atoms with van der Waals surface area (Å²) in [5, 5.41) is 0. The second-order valence-electron chi connectivity index (χ2n) is 8.03. The third-order valence-electron chi connectivity index (χ3n) is 5.89. The summed E-state index contributed by atoms with van der Waals surface area (Å²) in [5.41, 5.74) is 2.22. The third kappa shape index (κ3) is 5.76. The van der Waals surface area contributed by atoms with Crippen LogP contribution in [-0.4, -0.2) is 28.7 Å². The van der Waals surface area contributed by atoms with E-state index in [2.05, 4.69) is 6.07 Å². The van der Waals surface area contributed by atoms with Gasteiger partial charge in [-0.1, -0.05) is 36.6 Å². The Kier molecular flexibility index (Phi) is 7.78. The molecular formula is C24H32O5S. The molecule has 1 aliphatic carbocycles. The molecule has 0 heterocycles. The number of hydrogen-bond acceptors (Lipinski definition) is 5. The van der Waals surface area contributed by atoms with Gasteiger partial charge in [-0.15, -0.1) is 0 Å². The van der Waals surface area contributed by atoms with Crippen LogP contribution >= 0.6 is 0 Å². The minimum atomic E-state index is -3.73. The summed E-state index contributed by atoms with van der Waals surface area (Å²) in [6, 6.07) is 12.8. The highest BCUT2D eigenvalue weighted by atomic mass is 32.2. The van der Waals surface area contributed by atoms with Crippen molar-refractivity contribution in [1.82, 2.24) is 0 Å². The molecule has 2 aromatic carbocycles. The topological polar surface area (TPSA) is 61.8 Å². The summed E-state index contributed by atoms with van der Waals surface area (Å²) in [5.74, 6) is 1.72. The fraction of sp³-hybridized carbons (Fsp3) is 0.500. The van der Waals surface area contributed by atoms with Gasteiger partial charge in [-0.25, -0.2) is 0 Å². The normalized spacial score (nSPS) is 19.4. The molecule has 1 aliphatic rings. The maximum absolute atomic E-state index is 12.7. The van der Waals surface area contributed by atoms with Gasteiger partial charge in [-0.05, 0) is 74.8 Å². The monoisotopic (exact) mass is 432 g/mol. The molecule has 164 valence electrons. The van der Waals surface area contributed by atoms with Gasteiger partial charge in [0.1, 0.15) is 0 Å². The molecule has 0 spiro atoms. The van der Waals surface area contributed by atoms with Crippen LogP contribution in [0.3, 0.4) is 0 Å². The van der Waals surface area contributed by atoms with Gasteiger partial charge in [0.05, 0.1) is 25.2 Å². The van der Waals surface area contributed by atoms with Crippen LogP contribution in [-0.2, 0) is 20.7 Å². The zero-order valence-corrected chi connectivity index (χ0v) is 18.9. The number of rotatable bonds is 9. The molecule has 1 saturated carbocycles. The SMILES string of the molecule is COc1ccc(CCC[C@H]2CCCC[C@H]2OS(=O)(=O)c2ccc(C)cc2)cc1OC. The summed E-state index contributed by atoms with van der Waals surface area (Å²) in [6.45, 7) is 1.94. The van der Waals surface area contributed by atoms with E-state index in [0.717, 1.165) is 62.0 Å². The van der Waals surface area contributed by atoms with Crippen molar-refractivity contribution in [1.29, 1.82) is 0 Å². The Hall–Kier alpha value is -2.05. The largest absolute Gasteiger partial charge is 0.493 e. The first kappa shape index (κ1) is 22.6. The molecular weight excluding hydrogens is 400 g/mol. The predicted molar refractivity (Wildman–Crippen MR) is 118 cm³/mol. The van der Waals surface area contributed by atoms with Gasteiger partial charge in [0.25, 0.3) is 10.1 Å². The summed E-state index contributed by atoms with van der Waals surface area (Å²) < 4.78 is 41.9. The van der Waals surface area contributed by atoms with Crippen LogP contribution in [0.5, 0.6) is 11.5 Å². The standard InChI is InChI=1S/C24H32O5S/c1-18-11-14-21(15-12-18)30(25,26)29-22-10-5-4-8-20(22)9-6-7-19-13-16-23(27-2)24(17-19)28-3/h11-17,20,22H,4-10H2,1-3H3/t20-,22-/m1/s1. The molecule has 5 nitrogen and oxygen atoms in total. The Labute approximate surface area is 180 Å². The molecule has 0 amide bonds. The van der Waals surface area contributed by atoms with E-state index in [-0.39, 0.29) is 16.9 Å². The van der Waals surface area contributed by atoms with Gasteiger partial charge in [0.2, 0.25) is 0 Å². The highest BCUT2D eigenvalue weighted by molar-refractivity contribution is 7.86. The Morgan fingerprint density at radius 3 is 2.33 bits per heavy atom. The molecule has 0 radical (unpaired) electrons. The number of benzene rings is 2. The number of ether oxygens (including phenoxy) is 2. The van der Waals surface area contributed by atoms with E-state index in [1.807, 2.05) is 19.1 Å². The second-order valence-corrected chi connectivity index (χ2v) is 9.60. The quantitative estimate of drug-likeness (QED) is 0.503. The van der Waals surface area contributed by atoms with Crippen LogP contribution in [0.2, 0.25) is 0 Å². The van der Waals surface area contributed by atoms with Crippen LogP contribution in [0.15, 0.2) is 47.4 Å². The highest BCUT2D eigenvalue weighted by Crippen LogP contribution is 2.34. The molecule has 2 aromatic rings. The van der Waals surface area contributed by atoms with E-state index in [1.54, 1.807) is 38.5 Å². The minimum Gasteiger partial charge on any atom is -0.493 e. The van der Waals surface area contributed by atoms with Crippen molar-refractivity contribution in [3.05, 3.63) is 53.6 Å². The van der Waals surface area contributed by atoms with E-state index in [9.17, 15) is 8.42 Å². The third-order valence-corrected chi connectivity index (χ3v) is 7.24. The molecule has 6 heteroatoms. The second kappa shape index (κ2) is 10.3. The summed E-state index contributed by atoms with van der Waals surface area (Å²) in [4.78, 5) is 0.239. The summed E-state index contributed by atoms with van der Waals surface area (Å²) >= 11 is 0. The maximum atomic E-state index is 12.7. The first-order valence-corrected chi connectivity index (χ1v) is 12.0. The van der Waals surface area contributed by atoms with Crippen LogP contribution in [0.4, 0.5) is 0 Å². The van der Waals surface area contributed by atoms with Crippen molar-refractivity contribution in [3.63, 3.8) is 0 Å². The average Bonchev–Trinajstić information content (AvgIpc) is 2.75. The minimum absolute atomic E-state index is 0.239. The molecule has 0 N–H and O–H groups in total. The van der Waals surface area contributed by atoms with Crippen LogP contribution in [0, 0.1) is 12.8 Å². The molecule has 0 bridgehead atoms. The van der Waals surface area contributed by atoms with Crippen LogP contribution in [0.25, 0.3) is 0 Å². The molecule has 0 aromatic heterocycles. The lowest BCUT2D eigenvalue weighted by Crippen LogP contribution is -2.30. The first-order chi connectivity index (χ1) is 14.4. The summed E-state index contributed by atoms with van der Waals surface area (Å²) in [6.07, 6.45) is 6.55. The van der Waals surface area contributed by atoms with E-state index in [1.165, 1.54) is 5.56 Å². The van der Waals surface area contributed by atoms with Crippen molar-refractivity contribution in [2.45, 2.75) is 62.9 Å². The van der Waals surface area contributed by atoms with E-state index >= 15 is 0 Å². The number of aryl methyl sites for hydroxylation is 2. The van der Waals surface area contributed by atoms with Crippen LogP contribution in [0.1, 0.15) is 49.7 Å². The zero-order chi connectivity index (χ0) is 21.6. The van der Waals surface area contributed by atoms with Crippen molar-refractivity contribution >= 4 is 10.1 Å². The predicted octanol–water partition coefficient (Wildman–Crippen LogP) is 5.30. The molecule has 3 rings (SSSR count). The Balaban J connectivity index is 1.60. The molecule has 1 fully saturated rings. The van der Waals surface area contributed by atoms with Gasteiger partial charge >= 0.3 is 0 Å². The molecule has 0 aliphatic heterocycles. The molecule has 2 atom stereocenters. The van der Waals surface area contributed by atoms with Crippen molar-refractivity contribution in [2.24, 2.45) is 5.92 Å². The molecule has 30 heavy (non-hydrogen) atoms. The highest BCUT2D eigenvalue weighted by Gasteiger charge is 2.30. The first-order valence-electron chi connectivity index (χ1n) is 10.6. The maximum Gasteiger partial charge on any atom is 0.297 e. The van der Waals surface area contributed by atoms with Crippen LogP contribution < -0.4 is 9.47 Å². The Bertz CT molecular complexity index is 921. The van der Waals surface area contributed by atoms with E-state index in [0.29, 0.717) is 0 Å². The lowest BCUT2D eigenvalue weighted by Gasteiger charge is -2.31. The van der Waals surface area contributed by atoms with Gasteiger partial charge in [0.15, 0.2) is 11.5 Å². The zero-order valence-electron chi connectivity index (χ0n) is 18.1. The van der Waals surface area contributed by atoms with E-state index < -0.39 is 10.1 Å². The fourth-order valence-corrected chi connectivity index (χ4v) is 5.32. The van der Waals surface area contributed by atoms with Crippen molar-refractivity contribution in [3.8, 4) is 11.5 Å². The number of methoxy groups -OCH3 is 2. The smallest absolute Gasteiger partial charge is 0.297 e. The average molecular weight is 433 g/mol. The van der Waals surface area contributed by atoms with Crippen molar-refractivity contribution in [2.75, 3.05) is 14.2 Å². The summed E-state index contributed by atoms with van der Waals surface area (Å²) in [7, 11) is -0.465. The molecule has 0 saturated heterocycles. The van der Waals surface area contributed by atoms with Gasteiger partial charge in [-0.2, -0.15) is 8.42 Å². The lowest BCUT2D eigenvalue weighted by atomic mass is 9.83. The Morgan fingerprint density at radius 1 is 0.933 bits per heavy atom. The van der Waals surface area contributed by atoms with Gasteiger partial charge < -0.3 is 9.47 Å². The van der Waals surface area contributed by atoms with Gasteiger partial charge in [0, 0.05) is 0 Å². The van der Waals surface area contributed by atoms with E-state index in [4.69, 9.17) is 13.7 Å². The fourth-order valence-electron chi connectivity index (χ4n) is 4.16.